The summed E-state index contributed by atoms with van der Waals surface area (Å²) in [5.74, 6) is -9.49. The summed E-state index contributed by atoms with van der Waals surface area (Å²) in [5.41, 5.74) is 0. The van der Waals surface area contributed by atoms with Crippen LogP contribution in [0, 0.1) is 29.1 Å². The van der Waals surface area contributed by atoms with Crippen molar-refractivity contribution >= 4 is 13.5 Å². The Bertz CT molecular complexity index is 578. The first-order valence-electron chi connectivity index (χ1n) is 9.87. The lowest BCUT2D eigenvalue weighted by molar-refractivity contribution is 0.176. The molecule has 0 aliphatic heterocycles. The van der Waals surface area contributed by atoms with E-state index in [2.05, 4.69) is 6.92 Å². The number of benzene rings is 1. The van der Waals surface area contributed by atoms with Crippen LogP contribution in [0.1, 0.15) is 71.6 Å². The fraction of sp³-hybridized carbons (Fsp3) is 0.700. The third-order valence-electron chi connectivity index (χ3n) is 4.86. The molecular formula is C20H31F5OSi. The van der Waals surface area contributed by atoms with E-state index in [-0.39, 0.29) is 6.10 Å². The van der Waals surface area contributed by atoms with Crippen molar-refractivity contribution in [2.45, 2.75) is 90.8 Å². The van der Waals surface area contributed by atoms with Gasteiger partial charge in [0.25, 0.3) is 0 Å². The normalized spacial score (nSPS) is 13.2. The Morgan fingerprint density at radius 2 is 1.15 bits per heavy atom. The van der Waals surface area contributed by atoms with Gasteiger partial charge in [-0.2, -0.15) is 0 Å². The van der Waals surface area contributed by atoms with E-state index in [4.69, 9.17) is 4.43 Å². The molecule has 1 atom stereocenters. The summed E-state index contributed by atoms with van der Waals surface area (Å²) < 4.78 is 74.6. The van der Waals surface area contributed by atoms with Crippen molar-refractivity contribution in [1.29, 1.82) is 0 Å². The maximum atomic E-state index is 14.1. The van der Waals surface area contributed by atoms with Crippen LogP contribution in [0.2, 0.25) is 13.1 Å². The Hall–Kier alpha value is -0.953. The molecule has 0 fully saturated rings. The minimum atomic E-state index is -3.32. The van der Waals surface area contributed by atoms with E-state index in [0.717, 1.165) is 25.7 Å². The largest absolute Gasteiger partial charge is 0.410 e. The van der Waals surface area contributed by atoms with Gasteiger partial charge in [0.2, 0.25) is 14.1 Å². The number of halogens is 5. The van der Waals surface area contributed by atoms with Crippen LogP contribution >= 0.6 is 0 Å². The second-order valence-corrected chi connectivity index (χ2v) is 11.3. The molecule has 7 heteroatoms. The molecule has 0 bridgehead atoms. The van der Waals surface area contributed by atoms with Crippen LogP contribution in [-0.4, -0.2) is 14.4 Å². The van der Waals surface area contributed by atoms with E-state index >= 15 is 0 Å². The van der Waals surface area contributed by atoms with Gasteiger partial charge >= 0.3 is 0 Å². The van der Waals surface area contributed by atoms with E-state index in [0.29, 0.717) is 6.42 Å². The molecule has 0 aromatic heterocycles. The van der Waals surface area contributed by atoms with Gasteiger partial charge in [-0.05, 0) is 25.9 Å². The Balaban J connectivity index is 2.75. The maximum absolute atomic E-state index is 14.1. The number of rotatable bonds is 12. The van der Waals surface area contributed by atoms with Gasteiger partial charge in [0.05, 0.1) is 0 Å². The van der Waals surface area contributed by atoms with E-state index in [1.54, 1.807) is 0 Å². The van der Waals surface area contributed by atoms with Crippen LogP contribution in [0.4, 0.5) is 22.0 Å². The van der Waals surface area contributed by atoms with Crippen LogP contribution in [-0.2, 0) is 4.43 Å². The van der Waals surface area contributed by atoms with Crippen molar-refractivity contribution in [2.24, 2.45) is 0 Å². The quantitative estimate of drug-likeness (QED) is 0.122. The molecule has 156 valence electrons. The first kappa shape index (κ1) is 24.1. The van der Waals surface area contributed by atoms with Crippen LogP contribution < -0.4 is 5.19 Å². The molecular weight excluding hydrogens is 379 g/mol. The number of hydrogen-bond donors (Lipinski definition) is 0. The highest BCUT2D eigenvalue weighted by atomic mass is 28.4. The fourth-order valence-corrected chi connectivity index (χ4v) is 5.80. The summed E-state index contributed by atoms with van der Waals surface area (Å²) in [6.45, 7) is 7.01. The molecule has 1 aromatic carbocycles. The minimum Gasteiger partial charge on any atom is -0.410 e. The maximum Gasteiger partial charge on any atom is 0.225 e. The van der Waals surface area contributed by atoms with Gasteiger partial charge in [0, 0.05) is 11.3 Å². The summed E-state index contributed by atoms with van der Waals surface area (Å²) in [7, 11) is -3.32. The zero-order valence-corrected chi connectivity index (χ0v) is 17.7. The third-order valence-corrected chi connectivity index (χ3v) is 7.42. The monoisotopic (exact) mass is 410 g/mol. The van der Waals surface area contributed by atoms with E-state index < -0.39 is 42.6 Å². The average molecular weight is 411 g/mol. The number of unbranched alkanes of at least 4 members (excludes halogenated alkanes) is 6. The first-order chi connectivity index (χ1) is 12.7. The summed E-state index contributed by atoms with van der Waals surface area (Å²) >= 11 is 0. The zero-order valence-electron chi connectivity index (χ0n) is 16.7. The Kier molecular flexibility index (Phi) is 9.94. The van der Waals surface area contributed by atoms with Gasteiger partial charge in [-0.3, -0.25) is 0 Å². The fourth-order valence-electron chi connectivity index (χ4n) is 3.28. The lowest BCUT2D eigenvalue weighted by Gasteiger charge is -2.30. The van der Waals surface area contributed by atoms with Gasteiger partial charge in [-0.1, -0.05) is 58.8 Å². The van der Waals surface area contributed by atoms with Crippen molar-refractivity contribution in [3.05, 3.63) is 29.1 Å². The van der Waals surface area contributed by atoms with Crippen LogP contribution in [0.5, 0.6) is 0 Å². The molecule has 1 rings (SSSR count). The Morgan fingerprint density at radius 3 is 1.63 bits per heavy atom. The highest BCUT2D eigenvalue weighted by Crippen LogP contribution is 2.23. The third kappa shape index (κ3) is 6.56. The molecule has 0 saturated heterocycles. The molecule has 1 unspecified atom stereocenters. The number of hydrogen-bond acceptors (Lipinski definition) is 1. The summed E-state index contributed by atoms with van der Waals surface area (Å²) in [6, 6.07) is 0. The molecule has 1 nitrogen and oxygen atoms in total. The lowest BCUT2D eigenvalue weighted by Crippen LogP contribution is -2.51. The van der Waals surface area contributed by atoms with Crippen LogP contribution in [0.3, 0.4) is 0 Å². The summed E-state index contributed by atoms with van der Waals surface area (Å²) in [5, 5.41) is -0.781. The van der Waals surface area contributed by atoms with Crippen molar-refractivity contribution in [1.82, 2.24) is 0 Å². The van der Waals surface area contributed by atoms with Crippen molar-refractivity contribution in [3.63, 3.8) is 0 Å². The van der Waals surface area contributed by atoms with Crippen LogP contribution in [0.15, 0.2) is 0 Å². The second-order valence-electron chi connectivity index (χ2n) is 7.51. The predicted molar refractivity (Wildman–Crippen MR) is 101 cm³/mol. The lowest BCUT2D eigenvalue weighted by atomic mass is 10.1. The van der Waals surface area contributed by atoms with Gasteiger partial charge in [0.15, 0.2) is 23.3 Å². The van der Waals surface area contributed by atoms with Crippen molar-refractivity contribution in [3.8, 4) is 0 Å². The SMILES string of the molecule is CCCCCCCCCC(CC)O[Si](C)(C)c1c(F)c(F)c(F)c(F)c1F. The molecule has 0 saturated carbocycles. The first-order valence-corrected chi connectivity index (χ1v) is 12.8. The molecule has 0 aliphatic rings. The highest BCUT2D eigenvalue weighted by molar-refractivity contribution is 6.84. The zero-order chi connectivity index (χ0) is 20.6. The second kappa shape index (κ2) is 11.1. The van der Waals surface area contributed by atoms with Gasteiger partial charge in [0.1, 0.15) is 0 Å². The predicted octanol–water partition coefficient (Wildman–Crippen LogP) is 6.73. The summed E-state index contributed by atoms with van der Waals surface area (Å²) in [4.78, 5) is 0. The minimum absolute atomic E-state index is 0.253. The molecule has 0 aliphatic carbocycles. The molecule has 0 spiro atoms. The molecule has 0 heterocycles. The Labute approximate surface area is 160 Å². The van der Waals surface area contributed by atoms with E-state index in [9.17, 15) is 22.0 Å². The summed E-state index contributed by atoms with van der Waals surface area (Å²) in [6.07, 6.45) is 9.05. The van der Waals surface area contributed by atoms with Gasteiger partial charge < -0.3 is 4.43 Å². The van der Waals surface area contributed by atoms with Crippen molar-refractivity contribution < 1.29 is 26.4 Å². The highest BCUT2D eigenvalue weighted by Gasteiger charge is 2.39. The smallest absolute Gasteiger partial charge is 0.225 e. The Morgan fingerprint density at radius 1 is 0.704 bits per heavy atom. The molecule has 1 aromatic rings. The standard InChI is InChI=1S/C20H31F5OSi/c1-5-7-8-9-10-11-12-13-14(6-2)26-27(3,4)20-18(24)16(22)15(21)17(23)19(20)25/h14H,5-13H2,1-4H3. The van der Waals surface area contributed by atoms with Crippen LogP contribution in [0.25, 0.3) is 0 Å². The molecule has 0 amide bonds. The average Bonchev–Trinajstić information content (AvgIpc) is 2.62. The molecule has 0 radical (unpaired) electrons. The topological polar surface area (TPSA) is 9.23 Å². The molecule has 0 N–H and O–H groups in total. The van der Waals surface area contributed by atoms with Gasteiger partial charge in [-0.25, -0.2) is 22.0 Å². The van der Waals surface area contributed by atoms with E-state index in [1.807, 2.05) is 6.92 Å². The van der Waals surface area contributed by atoms with Gasteiger partial charge in [-0.15, -0.1) is 0 Å². The van der Waals surface area contributed by atoms with Crippen molar-refractivity contribution in [2.75, 3.05) is 0 Å². The molecule has 27 heavy (non-hydrogen) atoms. The van der Waals surface area contributed by atoms with E-state index in [1.165, 1.54) is 38.8 Å².